The van der Waals surface area contributed by atoms with Crippen LogP contribution in [-0.2, 0) is 22.6 Å². The van der Waals surface area contributed by atoms with Crippen molar-refractivity contribution < 1.29 is 35.9 Å². The van der Waals surface area contributed by atoms with Gasteiger partial charge in [-0.2, -0.15) is 26.3 Å². The molecule has 1 unspecified atom stereocenters. The van der Waals surface area contributed by atoms with Gasteiger partial charge in [0.2, 0.25) is 0 Å². The monoisotopic (exact) mass is 543 g/mol. The quantitative estimate of drug-likeness (QED) is 0.424. The van der Waals surface area contributed by atoms with Gasteiger partial charge in [-0.05, 0) is 61.9 Å². The number of hydrogen-bond donors (Lipinski definition) is 2. The number of alkyl halides is 6. The molecule has 3 atom stereocenters. The highest BCUT2D eigenvalue weighted by Gasteiger charge is 2.40. The van der Waals surface area contributed by atoms with Crippen molar-refractivity contribution in [3.05, 3.63) is 70.8 Å². The van der Waals surface area contributed by atoms with Gasteiger partial charge >= 0.3 is 18.4 Å². The molecule has 0 aliphatic carbocycles. The molecule has 11 heteroatoms. The molecule has 0 saturated carbocycles. The van der Waals surface area contributed by atoms with Gasteiger partial charge in [0.15, 0.2) is 0 Å². The predicted molar refractivity (Wildman–Crippen MR) is 129 cm³/mol. The fourth-order valence-electron chi connectivity index (χ4n) is 5.03. The van der Waals surface area contributed by atoms with Gasteiger partial charge in [0.25, 0.3) is 0 Å². The van der Waals surface area contributed by atoms with E-state index in [0.717, 1.165) is 31.5 Å². The molecular formula is C27H31F6N3O2. The Kier molecular flexibility index (Phi) is 8.27. The van der Waals surface area contributed by atoms with E-state index in [1.54, 1.807) is 4.90 Å². The topological polar surface area (TPSA) is 53.6 Å². The van der Waals surface area contributed by atoms with Gasteiger partial charge < -0.3 is 20.3 Å². The minimum atomic E-state index is -4.93. The number of amides is 2. The van der Waals surface area contributed by atoms with Crippen LogP contribution in [0.25, 0.3) is 0 Å². The van der Waals surface area contributed by atoms with Crippen molar-refractivity contribution in [2.45, 2.75) is 62.6 Å². The van der Waals surface area contributed by atoms with Crippen LogP contribution < -0.4 is 10.6 Å². The smallest absolute Gasteiger partial charge is 0.372 e. The van der Waals surface area contributed by atoms with Crippen LogP contribution in [0.1, 0.15) is 61.0 Å². The van der Waals surface area contributed by atoms with Crippen LogP contribution in [0.15, 0.2) is 48.5 Å². The van der Waals surface area contributed by atoms with E-state index < -0.39 is 35.1 Å². The Balaban J connectivity index is 1.49. The number of halogens is 6. The molecular weight excluding hydrogens is 512 g/mol. The summed E-state index contributed by atoms with van der Waals surface area (Å²) in [5.41, 5.74) is -2.79. The van der Waals surface area contributed by atoms with E-state index in [-0.39, 0.29) is 30.3 Å². The average molecular weight is 544 g/mol. The zero-order chi connectivity index (χ0) is 27.6. The predicted octanol–water partition coefficient (Wildman–Crippen LogP) is 6.25. The number of urea groups is 1. The molecule has 0 bridgehead atoms. The summed E-state index contributed by atoms with van der Waals surface area (Å²) in [6.45, 7) is 3.36. The van der Waals surface area contributed by atoms with E-state index in [1.807, 2.05) is 30.3 Å². The lowest BCUT2D eigenvalue weighted by molar-refractivity contribution is -0.143. The number of likely N-dealkylation sites (tertiary alicyclic amines) is 1. The lowest BCUT2D eigenvalue weighted by Gasteiger charge is -2.42. The normalized spacial score (nSPS) is 23.3. The van der Waals surface area contributed by atoms with Gasteiger partial charge in [0, 0.05) is 25.7 Å². The maximum atomic E-state index is 13.3. The highest BCUT2D eigenvalue weighted by Crippen LogP contribution is 2.39. The zero-order valence-corrected chi connectivity index (χ0v) is 21.0. The van der Waals surface area contributed by atoms with Crippen LogP contribution in [0.3, 0.4) is 0 Å². The Morgan fingerprint density at radius 3 is 2.18 bits per heavy atom. The number of carbonyl (C=O) groups excluding carboxylic acids is 1. The second-order valence-corrected chi connectivity index (χ2v) is 10.0. The van der Waals surface area contributed by atoms with Crippen molar-refractivity contribution in [3.8, 4) is 0 Å². The number of carbonyl (C=O) groups is 1. The molecule has 2 aromatic carbocycles. The largest absolute Gasteiger partial charge is 0.416 e. The molecule has 4 rings (SSSR count). The van der Waals surface area contributed by atoms with E-state index in [4.69, 9.17) is 4.74 Å². The number of nitrogens with zero attached hydrogens (tertiary/aromatic N) is 1. The molecule has 0 spiro atoms. The summed E-state index contributed by atoms with van der Waals surface area (Å²) in [7, 11) is 0. The number of rotatable bonds is 6. The lowest BCUT2D eigenvalue weighted by Crippen LogP contribution is -2.58. The molecule has 2 amide bonds. The first kappa shape index (κ1) is 28.2. The molecule has 2 aliphatic rings. The Hall–Kier alpha value is -2.79. The Labute approximate surface area is 217 Å². The van der Waals surface area contributed by atoms with Gasteiger partial charge in [-0.25, -0.2) is 4.79 Å². The molecule has 2 aromatic rings. The first-order valence-corrected chi connectivity index (χ1v) is 12.6. The maximum Gasteiger partial charge on any atom is 0.416 e. The second-order valence-electron chi connectivity index (χ2n) is 10.0. The van der Waals surface area contributed by atoms with Gasteiger partial charge in [0.1, 0.15) is 0 Å². The van der Waals surface area contributed by atoms with Crippen LogP contribution in [-0.4, -0.2) is 43.2 Å². The van der Waals surface area contributed by atoms with Gasteiger partial charge in [-0.15, -0.1) is 0 Å². The molecule has 0 aromatic heterocycles. The van der Waals surface area contributed by atoms with E-state index >= 15 is 0 Å². The molecule has 0 radical (unpaired) electrons. The second kappa shape index (κ2) is 11.1. The van der Waals surface area contributed by atoms with Crippen molar-refractivity contribution in [3.63, 3.8) is 0 Å². The van der Waals surface area contributed by atoms with E-state index in [0.29, 0.717) is 31.5 Å². The van der Waals surface area contributed by atoms with Crippen molar-refractivity contribution in [1.82, 2.24) is 15.5 Å². The number of ether oxygens (including phenoxy) is 1. The summed E-state index contributed by atoms with van der Waals surface area (Å²) in [5.74, 6) is 0. The van der Waals surface area contributed by atoms with Crippen LogP contribution in [0.5, 0.6) is 0 Å². The summed E-state index contributed by atoms with van der Waals surface area (Å²) in [4.78, 5) is 14.3. The number of piperidine rings is 1. The van der Waals surface area contributed by atoms with Crippen molar-refractivity contribution >= 4 is 6.03 Å². The summed E-state index contributed by atoms with van der Waals surface area (Å²) < 4.78 is 86.0. The van der Waals surface area contributed by atoms with Gasteiger partial charge in [-0.3, -0.25) is 0 Å². The minimum absolute atomic E-state index is 0.0164. The van der Waals surface area contributed by atoms with E-state index in [2.05, 4.69) is 10.6 Å². The molecule has 2 fully saturated rings. The zero-order valence-electron chi connectivity index (χ0n) is 21.0. The average Bonchev–Trinajstić information content (AvgIpc) is 3.43. The van der Waals surface area contributed by atoms with Crippen molar-refractivity contribution in [2.75, 3.05) is 26.2 Å². The first-order valence-electron chi connectivity index (χ1n) is 12.6. The molecule has 2 aliphatic heterocycles. The number of nitrogens with one attached hydrogen (secondary N) is 2. The van der Waals surface area contributed by atoms with Crippen LogP contribution >= 0.6 is 0 Å². The Morgan fingerprint density at radius 2 is 1.66 bits per heavy atom. The molecule has 5 nitrogen and oxygen atoms in total. The fraction of sp³-hybridized carbons (Fsp3) is 0.519. The number of hydrogen-bond acceptors (Lipinski definition) is 3. The highest BCUT2D eigenvalue weighted by atomic mass is 19.4. The summed E-state index contributed by atoms with van der Waals surface area (Å²) >= 11 is 0. The molecule has 208 valence electrons. The third-order valence-corrected chi connectivity index (χ3v) is 7.31. The van der Waals surface area contributed by atoms with Crippen molar-refractivity contribution in [2.24, 2.45) is 0 Å². The molecule has 38 heavy (non-hydrogen) atoms. The summed E-state index contributed by atoms with van der Waals surface area (Å²) in [6.07, 6.45) is -7.75. The molecule has 2 saturated heterocycles. The van der Waals surface area contributed by atoms with E-state index in [9.17, 15) is 31.1 Å². The lowest BCUT2D eigenvalue weighted by atomic mass is 9.81. The van der Waals surface area contributed by atoms with E-state index in [1.165, 1.54) is 6.92 Å². The highest BCUT2D eigenvalue weighted by molar-refractivity contribution is 5.74. The Bertz CT molecular complexity index is 1060. The first-order chi connectivity index (χ1) is 17.9. The number of benzene rings is 2. The van der Waals surface area contributed by atoms with Crippen LogP contribution in [0.4, 0.5) is 31.1 Å². The standard InChI is InChI=1S/C27H31F6N3O2/c1-18(19-13-21(26(28,29)30)15-22(14-19)27(31,32)33)38-17-25(20-7-3-2-4-8-20)10-9-23(16-34-25)35-24(37)36-11-5-6-12-36/h2-4,7-8,13-15,18,23,34H,5-6,9-12,16-17H2,1H3,(H,35,37)/t18-,23?,25-/m1/s1. The van der Waals surface area contributed by atoms with Crippen LogP contribution in [0, 0.1) is 0 Å². The van der Waals surface area contributed by atoms with Gasteiger partial charge in [0.05, 0.1) is 29.4 Å². The van der Waals surface area contributed by atoms with Crippen molar-refractivity contribution in [1.29, 1.82) is 0 Å². The van der Waals surface area contributed by atoms with Gasteiger partial charge in [-0.1, -0.05) is 30.3 Å². The molecule has 2 N–H and O–H groups in total. The third-order valence-electron chi connectivity index (χ3n) is 7.31. The third kappa shape index (κ3) is 6.61. The maximum absolute atomic E-state index is 13.3. The Morgan fingerprint density at radius 1 is 1.05 bits per heavy atom. The fourth-order valence-corrected chi connectivity index (χ4v) is 5.03. The summed E-state index contributed by atoms with van der Waals surface area (Å²) in [6, 6.07) is 10.7. The molecule has 2 heterocycles. The SMILES string of the molecule is C[C@@H](OC[C@@]1(c2ccccc2)CCC(NC(=O)N2CCCC2)CN1)c1cc(C(F)(F)F)cc(C(F)(F)F)c1. The van der Waals surface area contributed by atoms with Crippen LogP contribution in [0.2, 0.25) is 0 Å². The minimum Gasteiger partial charge on any atom is -0.372 e. The summed E-state index contributed by atoms with van der Waals surface area (Å²) in [5, 5.41) is 6.51.